The highest BCUT2D eigenvalue weighted by atomic mass is 19.1. The van der Waals surface area contributed by atoms with Gasteiger partial charge in [-0.2, -0.15) is 5.10 Å². The average Bonchev–Trinajstić information content (AvgIpc) is 2.18. The van der Waals surface area contributed by atoms with Crippen molar-refractivity contribution in [2.45, 2.75) is 26.3 Å². The molecule has 1 aromatic rings. The fraction of sp³-hybridized carbons (Fsp3) is 0.333. The normalized spacial score (nSPS) is 11.6. The molecule has 1 aromatic carbocycles. The molecule has 0 spiro atoms. The number of carbonyl (C=O) groups is 1. The fourth-order valence-electron chi connectivity index (χ4n) is 1.14. The van der Waals surface area contributed by atoms with Gasteiger partial charge in [-0.3, -0.25) is 0 Å². The molecule has 0 aliphatic carbocycles. The molecule has 18 heavy (non-hydrogen) atoms. The molecular weight excluding hydrogens is 240 g/mol. The van der Waals surface area contributed by atoms with Gasteiger partial charge in [-0.05, 0) is 32.9 Å². The van der Waals surface area contributed by atoms with E-state index in [1.807, 2.05) is 20.8 Å². The first-order valence-corrected chi connectivity index (χ1v) is 5.34. The topological polar surface area (TPSA) is 53.5 Å². The molecular formula is C12H15F2N3O. The van der Waals surface area contributed by atoms with Crippen LogP contribution in [-0.4, -0.2) is 17.8 Å². The van der Waals surface area contributed by atoms with Gasteiger partial charge in [-0.1, -0.05) is 0 Å². The van der Waals surface area contributed by atoms with Gasteiger partial charge in [-0.15, -0.1) is 0 Å². The number of benzene rings is 1. The van der Waals surface area contributed by atoms with E-state index >= 15 is 0 Å². The largest absolute Gasteiger partial charge is 0.335 e. The lowest BCUT2D eigenvalue weighted by Crippen LogP contribution is -2.44. The van der Waals surface area contributed by atoms with Crippen molar-refractivity contribution in [3.05, 3.63) is 35.4 Å². The van der Waals surface area contributed by atoms with Crippen molar-refractivity contribution >= 4 is 12.2 Å². The van der Waals surface area contributed by atoms with E-state index in [1.165, 1.54) is 6.07 Å². The smallest absolute Gasteiger partial charge is 0.332 e. The van der Waals surface area contributed by atoms with E-state index in [-0.39, 0.29) is 11.1 Å². The number of carbonyl (C=O) groups excluding carboxylic acids is 1. The third kappa shape index (κ3) is 4.90. The number of hydrogen-bond donors (Lipinski definition) is 2. The zero-order valence-electron chi connectivity index (χ0n) is 10.4. The maximum absolute atomic E-state index is 13.2. The van der Waals surface area contributed by atoms with Crippen molar-refractivity contribution in [1.82, 2.24) is 10.7 Å². The standard InChI is InChI=1S/C12H15F2N3O/c1-12(2,3)16-11(18)17-15-7-8-4-5-9(13)6-10(8)14/h4-7H,1-3H3,(H2,16,17,18)/b15-7+. The molecule has 0 aliphatic rings. The van der Waals surface area contributed by atoms with Crippen molar-refractivity contribution < 1.29 is 13.6 Å². The predicted molar refractivity (Wildman–Crippen MR) is 65.4 cm³/mol. The molecule has 1 rings (SSSR count). The van der Waals surface area contributed by atoms with Crippen LogP contribution in [0.3, 0.4) is 0 Å². The number of hydrogen-bond acceptors (Lipinski definition) is 2. The number of amides is 2. The molecule has 0 saturated heterocycles. The van der Waals surface area contributed by atoms with Gasteiger partial charge in [0.2, 0.25) is 0 Å². The number of urea groups is 1. The van der Waals surface area contributed by atoms with Gasteiger partial charge in [0.15, 0.2) is 0 Å². The minimum absolute atomic E-state index is 0.0902. The monoisotopic (exact) mass is 255 g/mol. The van der Waals surface area contributed by atoms with Gasteiger partial charge in [0.1, 0.15) is 11.6 Å². The number of hydrazone groups is 1. The first-order valence-electron chi connectivity index (χ1n) is 5.34. The summed E-state index contributed by atoms with van der Waals surface area (Å²) in [7, 11) is 0. The lowest BCUT2D eigenvalue weighted by atomic mass is 10.1. The van der Waals surface area contributed by atoms with Crippen LogP contribution in [-0.2, 0) is 0 Å². The fourth-order valence-corrected chi connectivity index (χ4v) is 1.14. The Kier molecular flexibility index (Phi) is 4.36. The molecule has 0 atom stereocenters. The Labute approximate surface area is 104 Å². The Morgan fingerprint density at radius 3 is 2.56 bits per heavy atom. The van der Waals surface area contributed by atoms with Gasteiger partial charge in [0.25, 0.3) is 0 Å². The van der Waals surface area contributed by atoms with E-state index in [1.54, 1.807) is 0 Å². The van der Waals surface area contributed by atoms with Crippen molar-refractivity contribution in [1.29, 1.82) is 0 Å². The third-order valence-corrected chi connectivity index (χ3v) is 1.82. The second kappa shape index (κ2) is 5.57. The molecule has 0 bridgehead atoms. The third-order valence-electron chi connectivity index (χ3n) is 1.82. The van der Waals surface area contributed by atoms with Crippen molar-refractivity contribution in [2.24, 2.45) is 5.10 Å². The zero-order chi connectivity index (χ0) is 13.8. The molecule has 0 unspecified atom stereocenters. The molecule has 0 fully saturated rings. The summed E-state index contributed by atoms with van der Waals surface area (Å²) in [6.45, 7) is 5.45. The summed E-state index contributed by atoms with van der Waals surface area (Å²) in [5.41, 5.74) is 1.89. The van der Waals surface area contributed by atoms with Gasteiger partial charge < -0.3 is 5.32 Å². The molecule has 0 aromatic heterocycles. The van der Waals surface area contributed by atoms with E-state index in [0.717, 1.165) is 18.3 Å². The van der Waals surface area contributed by atoms with Crippen molar-refractivity contribution in [3.8, 4) is 0 Å². The lowest BCUT2D eigenvalue weighted by Gasteiger charge is -2.19. The number of rotatable bonds is 2. The molecule has 2 N–H and O–H groups in total. The zero-order valence-corrected chi connectivity index (χ0v) is 10.4. The molecule has 2 amide bonds. The van der Waals surface area contributed by atoms with Crippen LogP contribution in [0, 0.1) is 11.6 Å². The Balaban J connectivity index is 2.58. The van der Waals surface area contributed by atoms with Crippen LogP contribution >= 0.6 is 0 Å². The summed E-state index contributed by atoms with van der Waals surface area (Å²) in [6.07, 6.45) is 1.11. The van der Waals surface area contributed by atoms with E-state index in [4.69, 9.17) is 0 Å². The lowest BCUT2D eigenvalue weighted by molar-refractivity contribution is 0.232. The second-order valence-electron chi connectivity index (χ2n) is 4.74. The highest BCUT2D eigenvalue weighted by molar-refractivity contribution is 5.82. The van der Waals surface area contributed by atoms with Crippen LogP contribution < -0.4 is 10.7 Å². The number of nitrogens with one attached hydrogen (secondary N) is 2. The predicted octanol–water partition coefficient (Wildman–Crippen LogP) is 2.40. The van der Waals surface area contributed by atoms with Crippen molar-refractivity contribution in [2.75, 3.05) is 0 Å². The SMILES string of the molecule is CC(C)(C)NC(=O)N/N=C/c1ccc(F)cc1F. The van der Waals surface area contributed by atoms with Crippen LogP contribution in [0.15, 0.2) is 23.3 Å². The van der Waals surface area contributed by atoms with Gasteiger partial charge in [0, 0.05) is 17.2 Å². The van der Waals surface area contributed by atoms with E-state index in [0.29, 0.717) is 0 Å². The minimum atomic E-state index is -0.739. The quantitative estimate of drug-likeness (QED) is 0.618. The van der Waals surface area contributed by atoms with Gasteiger partial charge in [0.05, 0.1) is 6.21 Å². The summed E-state index contributed by atoms with van der Waals surface area (Å²) in [5.74, 6) is -1.40. The Morgan fingerprint density at radius 2 is 2.00 bits per heavy atom. The minimum Gasteiger partial charge on any atom is -0.332 e. The molecule has 6 heteroatoms. The molecule has 0 aliphatic heterocycles. The Morgan fingerprint density at radius 1 is 1.33 bits per heavy atom. The first-order chi connectivity index (χ1) is 8.28. The maximum atomic E-state index is 13.2. The van der Waals surface area contributed by atoms with Gasteiger partial charge >= 0.3 is 6.03 Å². The second-order valence-corrected chi connectivity index (χ2v) is 4.74. The molecule has 0 radical (unpaired) electrons. The summed E-state index contributed by atoms with van der Waals surface area (Å²) < 4.78 is 25.8. The summed E-state index contributed by atoms with van der Waals surface area (Å²) in [4.78, 5) is 11.3. The summed E-state index contributed by atoms with van der Waals surface area (Å²) >= 11 is 0. The Hall–Kier alpha value is -1.98. The molecule has 4 nitrogen and oxygen atoms in total. The van der Waals surface area contributed by atoms with Crippen LogP contribution in [0.4, 0.5) is 13.6 Å². The van der Waals surface area contributed by atoms with E-state index in [9.17, 15) is 13.6 Å². The summed E-state index contributed by atoms with van der Waals surface area (Å²) in [6, 6.07) is 2.59. The number of nitrogens with zero attached hydrogens (tertiary/aromatic N) is 1. The molecule has 0 heterocycles. The highest BCUT2D eigenvalue weighted by Gasteiger charge is 2.12. The molecule has 0 saturated carbocycles. The van der Waals surface area contributed by atoms with Crippen LogP contribution in [0.25, 0.3) is 0 Å². The van der Waals surface area contributed by atoms with Crippen LogP contribution in [0.1, 0.15) is 26.3 Å². The maximum Gasteiger partial charge on any atom is 0.335 e. The Bertz CT molecular complexity index is 467. The molecule has 98 valence electrons. The van der Waals surface area contributed by atoms with Crippen LogP contribution in [0.2, 0.25) is 0 Å². The van der Waals surface area contributed by atoms with E-state index in [2.05, 4.69) is 15.8 Å². The van der Waals surface area contributed by atoms with Crippen LogP contribution in [0.5, 0.6) is 0 Å². The average molecular weight is 255 g/mol. The highest BCUT2D eigenvalue weighted by Crippen LogP contribution is 2.06. The number of halogens is 2. The van der Waals surface area contributed by atoms with Gasteiger partial charge in [-0.25, -0.2) is 19.0 Å². The first kappa shape index (κ1) is 14.1. The summed E-state index contributed by atoms with van der Waals surface area (Å²) in [5, 5.41) is 6.18. The van der Waals surface area contributed by atoms with Crippen molar-refractivity contribution in [3.63, 3.8) is 0 Å². The van der Waals surface area contributed by atoms with E-state index < -0.39 is 17.7 Å².